The zero-order valence-corrected chi connectivity index (χ0v) is 10.5. The van der Waals surface area contributed by atoms with Crippen LogP contribution in [0.5, 0.6) is 0 Å². The van der Waals surface area contributed by atoms with Crippen LogP contribution in [0.4, 0.5) is 0 Å². The van der Waals surface area contributed by atoms with Crippen LogP contribution in [-0.4, -0.2) is 26.5 Å². The number of hydrogen-bond donors (Lipinski definition) is 1. The van der Waals surface area contributed by atoms with Crippen molar-refractivity contribution in [3.63, 3.8) is 0 Å². The maximum atomic E-state index is 5.64. The summed E-state index contributed by atoms with van der Waals surface area (Å²) in [6.07, 6.45) is 3.68. The summed E-state index contributed by atoms with van der Waals surface area (Å²) in [7, 11) is 0. The first-order valence-corrected chi connectivity index (χ1v) is 6.28. The number of nitrogens with zero attached hydrogens (tertiary/aromatic N) is 4. The number of aryl methyl sites for hydroxylation is 1. The maximum Gasteiger partial charge on any atom is 0.217 e. The average molecular weight is 257 g/mol. The molecule has 0 bridgehead atoms. The third-order valence-corrected chi connectivity index (χ3v) is 2.86. The lowest BCUT2D eigenvalue weighted by molar-refractivity contribution is 0.485. The van der Waals surface area contributed by atoms with E-state index in [9.17, 15) is 0 Å². The van der Waals surface area contributed by atoms with E-state index in [1.165, 1.54) is 0 Å². The van der Waals surface area contributed by atoms with Crippen molar-refractivity contribution in [1.82, 2.24) is 20.0 Å². The third kappa shape index (κ3) is 2.63. The lowest BCUT2D eigenvalue weighted by Gasteiger charge is -1.93. The van der Waals surface area contributed by atoms with E-state index >= 15 is 0 Å². The Morgan fingerprint density at radius 3 is 3.00 bits per heavy atom. The lowest BCUT2D eigenvalue weighted by atomic mass is 10.2. The molecule has 0 aliphatic carbocycles. The van der Waals surface area contributed by atoms with Crippen LogP contribution in [0.25, 0.3) is 11.1 Å². The van der Waals surface area contributed by atoms with E-state index in [0.717, 1.165) is 29.6 Å². The van der Waals surface area contributed by atoms with Gasteiger partial charge in [-0.1, -0.05) is 17.3 Å². The molecule has 0 fully saturated rings. The van der Waals surface area contributed by atoms with Crippen molar-refractivity contribution in [2.24, 2.45) is 5.73 Å². The Morgan fingerprint density at radius 2 is 2.16 bits per heavy atom. The van der Waals surface area contributed by atoms with E-state index in [0.29, 0.717) is 19.0 Å². The molecule has 0 saturated carbocycles. The second-order valence-electron chi connectivity index (χ2n) is 4.38. The quantitative estimate of drug-likeness (QED) is 0.746. The van der Waals surface area contributed by atoms with Gasteiger partial charge in [-0.2, -0.15) is 0 Å². The molecule has 6 heteroatoms. The van der Waals surface area contributed by atoms with Crippen LogP contribution < -0.4 is 5.73 Å². The third-order valence-electron chi connectivity index (χ3n) is 2.86. The highest BCUT2D eigenvalue weighted by atomic mass is 16.3. The molecular formula is C13H15N5O. The largest absolute Gasteiger partial charge is 0.439 e. The summed E-state index contributed by atoms with van der Waals surface area (Å²) in [5.74, 6) is 0.636. The van der Waals surface area contributed by atoms with Crippen molar-refractivity contribution >= 4 is 11.1 Å². The SMILES string of the molecule is NCCCc1cn(Cc2nc3ccccc3o2)nn1. The fraction of sp³-hybridized carbons (Fsp3) is 0.308. The monoisotopic (exact) mass is 257 g/mol. The smallest absolute Gasteiger partial charge is 0.217 e. The minimum absolute atomic E-state index is 0.490. The van der Waals surface area contributed by atoms with E-state index < -0.39 is 0 Å². The molecule has 0 amide bonds. The van der Waals surface area contributed by atoms with E-state index in [1.54, 1.807) is 4.68 Å². The number of nitrogens with two attached hydrogens (primary N) is 1. The van der Waals surface area contributed by atoms with Gasteiger partial charge in [0, 0.05) is 6.20 Å². The summed E-state index contributed by atoms with van der Waals surface area (Å²) in [5, 5.41) is 8.15. The minimum Gasteiger partial charge on any atom is -0.439 e. The summed E-state index contributed by atoms with van der Waals surface area (Å²) in [4.78, 5) is 4.40. The molecule has 0 spiro atoms. The van der Waals surface area contributed by atoms with Crippen molar-refractivity contribution in [1.29, 1.82) is 0 Å². The number of benzene rings is 1. The summed E-state index contributed by atoms with van der Waals surface area (Å²) >= 11 is 0. The van der Waals surface area contributed by atoms with Gasteiger partial charge in [-0.15, -0.1) is 5.10 Å². The maximum absolute atomic E-state index is 5.64. The van der Waals surface area contributed by atoms with Crippen LogP contribution in [-0.2, 0) is 13.0 Å². The topological polar surface area (TPSA) is 82.8 Å². The summed E-state index contributed by atoms with van der Waals surface area (Å²) in [6.45, 7) is 1.16. The molecular weight excluding hydrogens is 242 g/mol. The normalized spacial score (nSPS) is 11.2. The number of oxazole rings is 1. The predicted octanol–water partition coefficient (Wildman–Crippen LogP) is 1.36. The Morgan fingerprint density at radius 1 is 1.26 bits per heavy atom. The Balaban J connectivity index is 1.75. The van der Waals surface area contributed by atoms with Crippen molar-refractivity contribution in [3.8, 4) is 0 Å². The van der Waals surface area contributed by atoms with Crippen LogP contribution in [0.3, 0.4) is 0 Å². The molecule has 3 aromatic rings. The molecule has 0 atom stereocenters. The molecule has 1 aromatic carbocycles. The van der Waals surface area contributed by atoms with Crippen molar-refractivity contribution in [2.45, 2.75) is 19.4 Å². The fourth-order valence-corrected chi connectivity index (χ4v) is 1.94. The van der Waals surface area contributed by atoms with Crippen LogP contribution >= 0.6 is 0 Å². The van der Waals surface area contributed by atoms with E-state index in [4.69, 9.17) is 10.2 Å². The fourth-order valence-electron chi connectivity index (χ4n) is 1.94. The first-order chi connectivity index (χ1) is 9.35. The zero-order chi connectivity index (χ0) is 13.1. The number of fused-ring (bicyclic) bond motifs is 1. The number of para-hydroxylation sites is 2. The first kappa shape index (κ1) is 11.9. The number of rotatable bonds is 5. The van der Waals surface area contributed by atoms with Gasteiger partial charge in [0.2, 0.25) is 5.89 Å². The molecule has 0 aliphatic heterocycles. The van der Waals surface area contributed by atoms with Gasteiger partial charge in [-0.25, -0.2) is 9.67 Å². The molecule has 2 N–H and O–H groups in total. The van der Waals surface area contributed by atoms with E-state index in [1.807, 2.05) is 30.5 Å². The van der Waals surface area contributed by atoms with Crippen LogP contribution in [0, 0.1) is 0 Å². The predicted molar refractivity (Wildman–Crippen MR) is 70.5 cm³/mol. The van der Waals surface area contributed by atoms with Gasteiger partial charge in [0.25, 0.3) is 0 Å². The van der Waals surface area contributed by atoms with Crippen LogP contribution in [0.15, 0.2) is 34.9 Å². The van der Waals surface area contributed by atoms with Gasteiger partial charge in [0.1, 0.15) is 12.1 Å². The highest BCUT2D eigenvalue weighted by Gasteiger charge is 2.07. The van der Waals surface area contributed by atoms with Crippen molar-refractivity contribution in [2.75, 3.05) is 6.54 Å². The highest BCUT2D eigenvalue weighted by Crippen LogP contribution is 2.15. The second kappa shape index (κ2) is 5.19. The molecule has 0 saturated heterocycles. The molecule has 19 heavy (non-hydrogen) atoms. The molecule has 0 radical (unpaired) electrons. The number of aromatic nitrogens is 4. The molecule has 0 aliphatic rings. The summed E-state index contributed by atoms with van der Waals surface area (Å²) in [6, 6.07) is 7.70. The van der Waals surface area contributed by atoms with Gasteiger partial charge in [-0.05, 0) is 31.5 Å². The minimum atomic E-state index is 0.490. The number of hydrogen-bond acceptors (Lipinski definition) is 5. The molecule has 2 aromatic heterocycles. The van der Waals surface area contributed by atoms with Gasteiger partial charge >= 0.3 is 0 Å². The zero-order valence-electron chi connectivity index (χ0n) is 10.5. The first-order valence-electron chi connectivity index (χ1n) is 6.28. The standard InChI is InChI=1S/C13H15N5O/c14-7-3-4-10-8-18(17-16-10)9-13-15-11-5-1-2-6-12(11)19-13/h1-2,5-6,8H,3-4,7,9,14H2. The Hall–Kier alpha value is -2.21. The van der Waals surface area contributed by atoms with Gasteiger partial charge in [0.15, 0.2) is 5.58 Å². The van der Waals surface area contributed by atoms with Gasteiger partial charge < -0.3 is 10.2 Å². The second-order valence-corrected chi connectivity index (χ2v) is 4.38. The lowest BCUT2D eigenvalue weighted by Crippen LogP contribution is -2.01. The summed E-state index contributed by atoms with van der Waals surface area (Å²) in [5.41, 5.74) is 8.07. The Labute approximate surface area is 110 Å². The van der Waals surface area contributed by atoms with Gasteiger partial charge in [-0.3, -0.25) is 0 Å². The van der Waals surface area contributed by atoms with Crippen LogP contribution in [0.2, 0.25) is 0 Å². The molecule has 0 unspecified atom stereocenters. The summed E-state index contributed by atoms with van der Waals surface area (Å²) < 4.78 is 7.38. The van der Waals surface area contributed by atoms with E-state index in [-0.39, 0.29) is 0 Å². The van der Waals surface area contributed by atoms with E-state index in [2.05, 4.69) is 15.3 Å². The van der Waals surface area contributed by atoms with Gasteiger partial charge in [0.05, 0.1) is 5.69 Å². The van der Waals surface area contributed by atoms with Crippen molar-refractivity contribution < 1.29 is 4.42 Å². The molecule has 2 heterocycles. The Bertz CT molecular complexity index is 639. The average Bonchev–Trinajstić information content (AvgIpc) is 3.02. The highest BCUT2D eigenvalue weighted by molar-refractivity contribution is 5.72. The Kier molecular flexibility index (Phi) is 3.24. The molecule has 3 rings (SSSR count). The van der Waals surface area contributed by atoms with Crippen molar-refractivity contribution in [3.05, 3.63) is 42.0 Å². The molecule has 6 nitrogen and oxygen atoms in total. The molecule has 98 valence electrons. The van der Waals surface area contributed by atoms with Crippen LogP contribution in [0.1, 0.15) is 18.0 Å².